The van der Waals surface area contributed by atoms with E-state index in [1.54, 1.807) is 0 Å². The maximum Gasteiger partial charge on any atom is 0.129 e. The Labute approximate surface area is 217 Å². The number of para-hydroxylation sites is 1. The molecule has 4 nitrogen and oxygen atoms in total. The van der Waals surface area contributed by atoms with Gasteiger partial charge >= 0.3 is 0 Å². The number of rotatable bonds is 5. The van der Waals surface area contributed by atoms with Gasteiger partial charge in [-0.15, -0.1) is 0 Å². The molecule has 36 heavy (non-hydrogen) atoms. The first-order valence-electron chi connectivity index (χ1n) is 11.7. The van der Waals surface area contributed by atoms with Crippen molar-refractivity contribution in [2.24, 2.45) is 4.99 Å². The van der Waals surface area contributed by atoms with E-state index >= 15 is 0 Å². The monoisotopic (exact) mass is 531 g/mol. The van der Waals surface area contributed by atoms with Gasteiger partial charge < -0.3 is 4.74 Å². The second-order valence-electron chi connectivity index (χ2n) is 8.61. The number of halogens is 1. The van der Waals surface area contributed by atoms with Crippen molar-refractivity contribution >= 4 is 49.8 Å². The Morgan fingerprint density at radius 3 is 2.39 bits per heavy atom. The Morgan fingerprint density at radius 1 is 0.750 bits per heavy atom. The molecule has 6 aromatic rings. The quantitative estimate of drug-likeness (QED) is 0.164. The highest BCUT2D eigenvalue weighted by Gasteiger charge is 2.11. The predicted molar refractivity (Wildman–Crippen MR) is 152 cm³/mol. The van der Waals surface area contributed by atoms with E-state index in [0.717, 1.165) is 54.8 Å². The molecule has 0 fully saturated rings. The third kappa shape index (κ3) is 4.30. The number of nitrogens with zero attached hydrogens (tertiary/aromatic N) is 3. The minimum atomic E-state index is 0.774. The van der Waals surface area contributed by atoms with Gasteiger partial charge in [0.15, 0.2) is 0 Å². The molecule has 0 saturated carbocycles. The lowest BCUT2D eigenvalue weighted by Crippen LogP contribution is -1.95. The average molecular weight is 532 g/mol. The summed E-state index contributed by atoms with van der Waals surface area (Å²) in [6, 6.07) is 32.8. The van der Waals surface area contributed by atoms with Gasteiger partial charge in [-0.2, -0.15) is 0 Å². The Morgan fingerprint density at radius 2 is 1.56 bits per heavy atom. The van der Waals surface area contributed by atoms with Crippen molar-refractivity contribution < 1.29 is 4.74 Å². The van der Waals surface area contributed by atoms with Crippen LogP contribution in [0.3, 0.4) is 0 Å². The highest BCUT2D eigenvalue weighted by molar-refractivity contribution is 9.10. The summed E-state index contributed by atoms with van der Waals surface area (Å²) in [7, 11) is 0. The standard InChI is InChI=1S/C31H22BrN3O/c1-21-17-23(22-13-15-33-16-14-22)9-12-29(21)34-20-35-30-8-3-2-7-27(30)28-11-10-26(19-31(28)35)36-25-6-4-5-24(32)18-25/h2-20H,1H3. The molecule has 0 N–H and O–H groups in total. The van der Waals surface area contributed by atoms with Crippen LogP contribution in [0.1, 0.15) is 5.56 Å². The van der Waals surface area contributed by atoms with Crippen molar-refractivity contribution in [1.29, 1.82) is 0 Å². The van der Waals surface area contributed by atoms with Crippen molar-refractivity contribution in [3.8, 4) is 22.6 Å². The van der Waals surface area contributed by atoms with Crippen LogP contribution in [-0.4, -0.2) is 15.9 Å². The fraction of sp³-hybridized carbons (Fsp3) is 0.0323. The molecule has 0 bridgehead atoms. The molecule has 0 amide bonds. The van der Waals surface area contributed by atoms with Crippen molar-refractivity contribution in [3.63, 3.8) is 0 Å². The van der Waals surface area contributed by atoms with E-state index in [0.29, 0.717) is 0 Å². The van der Waals surface area contributed by atoms with Crippen LogP contribution in [-0.2, 0) is 0 Å². The third-order valence-electron chi connectivity index (χ3n) is 6.24. The van der Waals surface area contributed by atoms with E-state index in [2.05, 4.69) is 87.0 Å². The zero-order valence-electron chi connectivity index (χ0n) is 19.6. The second-order valence-corrected chi connectivity index (χ2v) is 9.52. The van der Waals surface area contributed by atoms with E-state index in [9.17, 15) is 0 Å². The first-order chi connectivity index (χ1) is 17.7. The molecular weight excluding hydrogens is 510 g/mol. The number of aromatic nitrogens is 2. The van der Waals surface area contributed by atoms with Crippen LogP contribution >= 0.6 is 15.9 Å². The molecule has 0 atom stereocenters. The number of hydrogen-bond acceptors (Lipinski definition) is 3. The first-order valence-corrected chi connectivity index (χ1v) is 12.5. The topological polar surface area (TPSA) is 39.4 Å². The lowest BCUT2D eigenvalue weighted by atomic mass is 10.0. The number of aryl methyl sites for hydroxylation is 1. The van der Waals surface area contributed by atoms with Gasteiger partial charge in [0.2, 0.25) is 0 Å². The first kappa shape index (κ1) is 22.3. The van der Waals surface area contributed by atoms with E-state index in [4.69, 9.17) is 9.73 Å². The van der Waals surface area contributed by atoms with Crippen molar-refractivity contribution in [2.45, 2.75) is 6.92 Å². The molecule has 6 rings (SSSR count). The third-order valence-corrected chi connectivity index (χ3v) is 6.73. The normalized spacial score (nSPS) is 11.5. The summed E-state index contributed by atoms with van der Waals surface area (Å²) in [5.41, 5.74) is 6.48. The molecule has 2 heterocycles. The van der Waals surface area contributed by atoms with Gasteiger partial charge in [-0.3, -0.25) is 9.55 Å². The van der Waals surface area contributed by atoms with E-state index < -0.39 is 0 Å². The highest BCUT2D eigenvalue weighted by atomic mass is 79.9. The Bertz CT molecular complexity index is 1740. The van der Waals surface area contributed by atoms with Crippen LogP contribution in [0.4, 0.5) is 5.69 Å². The molecule has 2 aromatic heterocycles. The van der Waals surface area contributed by atoms with Gasteiger partial charge in [0, 0.05) is 33.7 Å². The summed E-state index contributed by atoms with van der Waals surface area (Å²) in [6.07, 6.45) is 5.53. The largest absolute Gasteiger partial charge is 0.457 e. The molecule has 5 heteroatoms. The Kier molecular flexibility index (Phi) is 5.84. The lowest BCUT2D eigenvalue weighted by Gasteiger charge is -2.08. The molecule has 174 valence electrons. The summed E-state index contributed by atoms with van der Waals surface area (Å²) >= 11 is 3.51. The molecule has 0 spiro atoms. The predicted octanol–water partition coefficient (Wildman–Crippen LogP) is 8.93. The van der Waals surface area contributed by atoms with E-state index in [1.807, 2.05) is 61.2 Å². The van der Waals surface area contributed by atoms with Gasteiger partial charge in [0.1, 0.15) is 17.8 Å². The number of benzene rings is 4. The molecule has 0 aliphatic heterocycles. The molecule has 0 aliphatic rings. The van der Waals surface area contributed by atoms with Crippen LogP contribution in [0.2, 0.25) is 0 Å². The van der Waals surface area contributed by atoms with Gasteiger partial charge in [-0.05, 0) is 84.3 Å². The lowest BCUT2D eigenvalue weighted by molar-refractivity contribution is 0.483. The SMILES string of the molecule is Cc1cc(-c2ccncc2)ccc1N=Cn1c2ccccc2c2ccc(Oc3cccc(Br)c3)cc21. The Balaban J connectivity index is 1.41. The number of hydrogen-bond donors (Lipinski definition) is 0. The fourth-order valence-electron chi connectivity index (χ4n) is 4.48. The molecule has 0 saturated heterocycles. The minimum Gasteiger partial charge on any atom is -0.457 e. The smallest absolute Gasteiger partial charge is 0.129 e. The van der Waals surface area contributed by atoms with Crippen LogP contribution in [0.15, 0.2) is 119 Å². The number of aliphatic imine (C=N–C) groups is 1. The fourth-order valence-corrected chi connectivity index (χ4v) is 4.86. The van der Waals surface area contributed by atoms with E-state index in [1.165, 1.54) is 5.39 Å². The summed E-state index contributed by atoms with van der Waals surface area (Å²) in [5.74, 6) is 1.56. The van der Waals surface area contributed by atoms with Crippen LogP contribution in [0.5, 0.6) is 11.5 Å². The molecule has 0 radical (unpaired) electrons. The maximum atomic E-state index is 6.16. The molecule has 4 aromatic carbocycles. The Hall–Kier alpha value is -4.22. The van der Waals surface area contributed by atoms with Gasteiger partial charge in [0.05, 0.1) is 16.7 Å². The van der Waals surface area contributed by atoms with Crippen molar-refractivity contribution in [3.05, 3.63) is 119 Å². The summed E-state index contributed by atoms with van der Waals surface area (Å²) in [4.78, 5) is 9.00. The average Bonchev–Trinajstić information content (AvgIpc) is 3.21. The minimum absolute atomic E-state index is 0.774. The van der Waals surface area contributed by atoms with Crippen molar-refractivity contribution in [1.82, 2.24) is 9.55 Å². The number of pyridine rings is 1. The van der Waals surface area contributed by atoms with E-state index in [-0.39, 0.29) is 0 Å². The summed E-state index contributed by atoms with van der Waals surface area (Å²) < 4.78 is 9.28. The molecule has 0 unspecified atom stereocenters. The maximum absolute atomic E-state index is 6.16. The van der Waals surface area contributed by atoms with Gasteiger partial charge in [-0.1, -0.05) is 46.3 Å². The molecular formula is C31H22BrN3O. The zero-order valence-corrected chi connectivity index (χ0v) is 21.2. The van der Waals surface area contributed by atoms with Crippen LogP contribution in [0, 0.1) is 6.92 Å². The summed E-state index contributed by atoms with van der Waals surface area (Å²) in [6.45, 7) is 2.09. The van der Waals surface area contributed by atoms with Crippen LogP contribution in [0.25, 0.3) is 32.9 Å². The zero-order chi connectivity index (χ0) is 24.5. The van der Waals surface area contributed by atoms with Crippen LogP contribution < -0.4 is 4.74 Å². The van der Waals surface area contributed by atoms with Gasteiger partial charge in [0.25, 0.3) is 0 Å². The summed E-state index contributed by atoms with van der Waals surface area (Å²) in [5, 5.41) is 2.33. The molecule has 0 aliphatic carbocycles. The number of fused-ring (bicyclic) bond motifs is 3. The highest BCUT2D eigenvalue weighted by Crippen LogP contribution is 2.33. The van der Waals surface area contributed by atoms with Gasteiger partial charge in [-0.25, -0.2) is 4.99 Å². The second kappa shape index (κ2) is 9.44. The number of ether oxygens (including phenoxy) is 1. The van der Waals surface area contributed by atoms with Crippen molar-refractivity contribution in [2.75, 3.05) is 0 Å².